The SMILES string of the molecule is COCCN(CC(=O)N(C)C)C(=O)[C@H]1NCCO[C@@H]1C.Cl. The summed E-state index contributed by atoms with van der Waals surface area (Å²) in [5.41, 5.74) is 0. The van der Waals surface area contributed by atoms with Crippen LogP contribution in [0, 0.1) is 0 Å². The predicted molar refractivity (Wildman–Crippen MR) is 81.6 cm³/mol. The molecule has 0 aromatic carbocycles. The fraction of sp³-hybridized carbons (Fsp3) is 0.846. The van der Waals surface area contributed by atoms with Gasteiger partial charge in [-0.25, -0.2) is 0 Å². The van der Waals surface area contributed by atoms with Gasteiger partial charge in [-0.1, -0.05) is 0 Å². The summed E-state index contributed by atoms with van der Waals surface area (Å²) in [7, 11) is 4.92. The summed E-state index contributed by atoms with van der Waals surface area (Å²) in [5.74, 6) is -0.233. The van der Waals surface area contributed by atoms with E-state index in [0.717, 1.165) is 0 Å². The van der Waals surface area contributed by atoms with Gasteiger partial charge in [0, 0.05) is 34.3 Å². The van der Waals surface area contributed by atoms with Gasteiger partial charge in [0.15, 0.2) is 0 Å². The number of hydrogen-bond donors (Lipinski definition) is 1. The first-order valence-corrected chi connectivity index (χ1v) is 6.80. The Balaban J connectivity index is 0.00000400. The maximum Gasteiger partial charge on any atom is 0.242 e. The molecule has 21 heavy (non-hydrogen) atoms. The van der Waals surface area contributed by atoms with Crippen molar-refractivity contribution >= 4 is 24.2 Å². The van der Waals surface area contributed by atoms with E-state index in [1.165, 1.54) is 9.80 Å². The zero-order valence-corrected chi connectivity index (χ0v) is 13.9. The molecular formula is C13H26ClN3O4. The predicted octanol–water partition coefficient (Wildman–Crippen LogP) is -0.652. The fourth-order valence-electron chi connectivity index (χ4n) is 1.98. The molecule has 0 aliphatic carbocycles. The molecule has 0 radical (unpaired) electrons. The number of ether oxygens (including phenoxy) is 2. The van der Waals surface area contributed by atoms with Crippen LogP contribution >= 0.6 is 12.4 Å². The van der Waals surface area contributed by atoms with Crippen LogP contribution in [0.2, 0.25) is 0 Å². The van der Waals surface area contributed by atoms with Gasteiger partial charge in [-0.15, -0.1) is 12.4 Å². The molecule has 0 bridgehead atoms. The molecule has 1 aliphatic heterocycles. The number of nitrogens with one attached hydrogen (secondary N) is 1. The molecule has 2 atom stereocenters. The molecule has 0 spiro atoms. The Morgan fingerprint density at radius 3 is 2.57 bits per heavy atom. The van der Waals surface area contributed by atoms with E-state index < -0.39 is 6.04 Å². The topological polar surface area (TPSA) is 71.1 Å². The third-order valence-corrected chi connectivity index (χ3v) is 3.28. The van der Waals surface area contributed by atoms with Gasteiger partial charge in [0.1, 0.15) is 6.04 Å². The number of carbonyl (C=O) groups excluding carboxylic acids is 2. The number of rotatable bonds is 6. The summed E-state index contributed by atoms with van der Waals surface area (Å²) in [6.45, 7) is 3.94. The molecule has 1 fully saturated rings. The van der Waals surface area contributed by atoms with Crippen molar-refractivity contribution in [3.63, 3.8) is 0 Å². The van der Waals surface area contributed by atoms with E-state index in [-0.39, 0.29) is 36.9 Å². The Morgan fingerprint density at radius 2 is 2.05 bits per heavy atom. The maximum atomic E-state index is 12.5. The molecule has 1 rings (SSSR count). The van der Waals surface area contributed by atoms with Crippen molar-refractivity contribution in [2.24, 2.45) is 0 Å². The standard InChI is InChI=1S/C13H25N3O4.ClH/c1-10-12(14-5-7-20-10)13(18)16(6-8-19-4)9-11(17)15(2)3;/h10,12,14H,5-9H2,1-4H3;1H/t10-,12+;/m1./s1. The Kier molecular flexibility index (Phi) is 9.52. The highest BCUT2D eigenvalue weighted by atomic mass is 35.5. The van der Waals surface area contributed by atoms with E-state index in [2.05, 4.69) is 5.32 Å². The quantitative estimate of drug-likeness (QED) is 0.703. The summed E-state index contributed by atoms with van der Waals surface area (Å²) >= 11 is 0. The van der Waals surface area contributed by atoms with Gasteiger partial charge < -0.3 is 24.6 Å². The van der Waals surface area contributed by atoms with Crippen LogP contribution in [-0.4, -0.2) is 87.8 Å². The molecule has 7 nitrogen and oxygen atoms in total. The molecule has 8 heteroatoms. The minimum atomic E-state index is -0.407. The summed E-state index contributed by atoms with van der Waals surface area (Å²) in [5, 5.41) is 3.15. The van der Waals surface area contributed by atoms with Gasteiger partial charge in [-0.3, -0.25) is 9.59 Å². The highest BCUT2D eigenvalue weighted by Crippen LogP contribution is 2.08. The number of methoxy groups -OCH3 is 1. The second kappa shape index (κ2) is 9.94. The highest BCUT2D eigenvalue weighted by molar-refractivity contribution is 5.87. The second-order valence-electron chi connectivity index (χ2n) is 5.05. The molecule has 0 aromatic rings. The Hall–Kier alpha value is -0.890. The van der Waals surface area contributed by atoms with Gasteiger partial charge in [-0.05, 0) is 6.92 Å². The van der Waals surface area contributed by atoms with Gasteiger partial charge >= 0.3 is 0 Å². The lowest BCUT2D eigenvalue weighted by Crippen LogP contribution is -2.58. The first-order chi connectivity index (χ1) is 9.47. The van der Waals surface area contributed by atoms with Crippen LogP contribution in [0.25, 0.3) is 0 Å². The van der Waals surface area contributed by atoms with Gasteiger partial charge in [0.2, 0.25) is 11.8 Å². The molecule has 1 heterocycles. The van der Waals surface area contributed by atoms with Crippen molar-refractivity contribution in [2.45, 2.75) is 19.1 Å². The third kappa shape index (κ3) is 6.17. The average molecular weight is 324 g/mol. The maximum absolute atomic E-state index is 12.5. The molecule has 2 amide bonds. The van der Waals surface area contributed by atoms with Crippen molar-refractivity contribution < 1.29 is 19.1 Å². The number of amides is 2. The van der Waals surface area contributed by atoms with Crippen molar-refractivity contribution in [1.82, 2.24) is 15.1 Å². The molecular weight excluding hydrogens is 298 g/mol. The van der Waals surface area contributed by atoms with Crippen LogP contribution in [-0.2, 0) is 19.1 Å². The summed E-state index contributed by atoms with van der Waals surface area (Å²) < 4.78 is 10.5. The van der Waals surface area contributed by atoms with Gasteiger partial charge in [0.05, 0.1) is 25.9 Å². The van der Waals surface area contributed by atoms with E-state index in [1.807, 2.05) is 6.92 Å². The molecule has 0 aromatic heterocycles. The summed E-state index contributed by atoms with van der Waals surface area (Å²) in [6.07, 6.45) is -0.198. The molecule has 0 saturated carbocycles. The molecule has 1 aliphatic rings. The zero-order chi connectivity index (χ0) is 15.1. The molecule has 1 N–H and O–H groups in total. The summed E-state index contributed by atoms with van der Waals surface area (Å²) in [6, 6.07) is -0.407. The molecule has 124 valence electrons. The van der Waals surface area contributed by atoms with Crippen LogP contribution in [0.15, 0.2) is 0 Å². The van der Waals surface area contributed by atoms with Gasteiger partial charge in [0.25, 0.3) is 0 Å². The Morgan fingerprint density at radius 1 is 1.38 bits per heavy atom. The Labute approximate surface area is 132 Å². The number of morpholine rings is 1. The lowest BCUT2D eigenvalue weighted by Gasteiger charge is -2.34. The van der Waals surface area contributed by atoms with E-state index in [0.29, 0.717) is 26.3 Å². The first-order valence-electron chi connectivity index (χ1n) is 6.80. The minimum Gasteiger partial charge on any atom is -0.383 e. The Bertz CT molecular complexity index is 341. The van der Waals surface area contributed by atoms with E-state index >= 15 is 0 Å². The minimum absolute atomic E-state index is 0. The van der Waals surface area contributed by atoms with Crippen molar-refractivity contribution in [1.29, 1.82) is 0 Å². The van der Waals surface area contributed by atoms with E-state index in [4.69, 9.17) is 9.47 Å². The van der Waals surface area contributed by atoms with Crippen molar-refractivity contribution in [3.05, 3.63) is 0 Å². The number of hydrogen-bond acceptors (Lipinski definition) is 5. The first kappa shape index (κ1) is 20.1. The number of nitrogens with zero attached hydrogens (tertiary/aromatic N) is 2. The molecule has 1 saturated heterocycles. The van der Waals surface area contributed by atoms with Crippen LogP contribution in [0.3, 0.4) is 0 Å². The van der Waals surface area contributed by atoms with Crippen LogP contribution in [0.4, 0.5) is 0 Å². The lowest BCUT2D eigenvalue weighted by molar-refractivity contribution is -0.145. The normalized spacial score (nSPS) is 21.3. The highest BCUT2D eigenvalue weighted by Gasteiger charge is 2.32. The zero-order valence-electron chi connectivity index (χ0n) is 13.1. The van der Waals surface area contributed by atoms with Crippen LogP contribution in [0.1, 0.15) is 6.92 Å². The van der Waals surface area contributed by atoms with E-state index in [9.17, 15) is 9.59 Å². The number of likely N-dealkylation sites (N-methyl/N-ethyl adjacent to an activating group) is 1. The van der Waals surface area contributed by atoms with Crippen molar-refractivity contribution in [3.8, 4) is 0 Å². The van der Waals surface area contributed by atoms with Crippen molar-refractivity contribution in [2.75, 3.05) is 54.1 Å². The summed E-state index contributed by atoms with van der Waals surface area (Å²) in [4.78, 5) is 27.4. The molecule has 0 unspecified atom stereocenters. The van der Waals surface area contributed by atoms with Crippen LogP contribution < -0.4 is 5.32 Å². The monoisotopic (exact) mass is 323 g/mol. The largest absolute Gasteiger partial charge is 0.383 e. The third-order valence-electron chi connectivity index (χ3n) is 3.28. The number of halogens is 1. The lowest BCUT2D eigenvalue weighted by atomic mass is 10.1. The van der Waals surface area contributed by atoms with Gasteiger partial charge in [-0.2, -0.15) is 0 Å². The van der Waals surface area contributed by atoms with E-state index in [1.54, 1.807) is 21.2 Å². The average Bonchev–Trinajstić information content (AvgIpc) is 2.42. The number of carbonyl (C=O) groups is 2. The van der Waals surface area contributed by atoms with Crippen LogP contribution in [0.5, 0.6) is 0 Å². The second-order valence-corrected chi connectivity index (χ2v) is 5.05. The fourth-order valence-corrected chi connectivity index (χ4v) is 1.98. The smallest absolute Gasteiger partial charge is 0.242 e.